The number of fused-ring (bicyclic) bond motifs is 1. The zero-order valence-corrected chi connectivity index (χ0v) is 13.9. The summed E-state index contributed by atoms with van der Waals surface area (Å²) in [4.78, 5) is 19.4. The number of halogens is 3. The molecule has 0 fully saturated rings. The highest BCUT2D eigenvalue weighted by Gasteiger charge is 2.29. The summed E-state index contributed by atoms with van der Waals surface area (Å²) in [5.41, 5.74) is 1.87. The minimum absolute atomic E-state index is 0.220. The Morgan fingerprint density at radius 1 is 0.741 bits per heavy atom. The molecule has 3 aromatic carbocycles. The number of H-pyrrole nitrogens is 1. The largest absolute Gasteiger partial charge is 0.416 e. The Morgan fingerprint density at radius 2 is 1.30 bits per heavy atom. The van der Waals surface area contributed by atoms with Crippen molar-refractivity contribution < 1.29 is 13.2 Å². The molecule has 1 aromatic heterocycles. The SMILES string of the molecule is O=c1[nH]c(-c2ccc(-c3ccc(C(F)(F)F)cc3)cc2)nc2ccccc12. The van der Waals surface area contributed by atoms with Crippen molar-refractivity contribution in [1.82, 2.24) is 9.97 Å². The molecule has 0 saturated heterocycles. The summed E-state index contributed by atoms with van der Waals surface area (Å²) < 4.78 is 38.0. The van der Waals surface area contributed by atoms with Gasteiger partial charge in [0, 0.05) is 5.56 Å². The molecule has 134 valence electrons. The van der Waals surface area contributed by atoms with Gasteiger partial charge in [0.2, 0.25) is 0 Å². The molecular formula is C21H13F3N2O. The maximum atomic E-state index is 12.7. The van der Waals surface area contributed by atoms with Crippen molar-refractivity contribution in [2.75, 3.05) is 0 Å². The van der Waals surface area contributed by atoms with Gasteiger partial charge in [0.15, 0.2) is 0 Å². The second-order valence-electron chi connectivity index (χ2n) is 6.08. The Bertz CT molecular complexity index is 1160. The van der Waals surface area contributed by atoms with Crippen LogP contribution < -0.4 is 5.56 Å². The molecule has 0 radical (unpaired) electrons. The van der Waals surface area contributed by atoms with Gasteiger partial charge >= 0.3 is 6.18 Å². The molecule has 0 bridgehead atoms. The van der Waals surface area contributed by atoms with E-state index in [1.165, 1.54) is 12.1 Å². The molecule has 0 aliphatic carbocycles. The number of aromatic amines is 1. The fraction of sp³-hybridized carbons (Fsp3) is 0.0476. The molecule has 1 N–H and O–H groups in total. The van der Waals surface area contributed by atoms with Crippen LogP contribution in [0.2, 0.25) is 0 Å². The Balaban J connectivity index is 1.67. The van der Waals surface area contributed by atoms with Crippen molar-refractivity contribution in [2.45, 2.75) is 6.18 Å². The molecule has 6 heteroatoms. The second kappa shape index (κ2) is 6.39. The molecule has 4 aromatic rings. The Labute approximate surface area is 152 Å². The molecule has 1 heterocycles. The van der Waals surface area contributed by atoms with Gasteiger partial charge in [0.1, 0.15) is 5.82 Å². The molecule has 0 spiro atoms. The maximum absolute atomic E-state index is 12.7. The molecular weight excluding hydrogens is 353 g/mol. The smallest absolute Gasteiger partial charge is 0.306 e. The van der Waals surface area contributed by atoms with Crippen LogP contribution in [-0.4, -0.2) is 9.97 Å². The Morgan fingerprint density at radius 3 is 1.93 bits per heavy atom. The first-order valence-electron chi connectivity index (χ1n) is 8.19. The number of nitrogens with zero attached hydrogens (tertiary/aromatic N) is 1. The average molecular weight is 366 g/mol. The molecule has 27 heavy (non-hydrogen) atoms. The summed E-state index contributed by atoms with van der Waals surface area (Å²) in [6.45, 7) is 0. The molecule has 0 aliphatic heterocycles. The standard InChI is InChI=1S/C21H13F3N2O/c22-21(23,24)16-11-9-14(10-12-16)13-5-7-15(8-6-13)19-25-18-4-2-1-3-17(18)20(27)26-19/h1-12H,(H,25,26,27). The lowest BCUT2D eigenvalue weighted by Gasteiger charge is -2.08. The fourth-order valence-corrected chi connectivity index (χ4v) is 2.90. The van der Waals surface area contributed by atoms with Gasteiger partial charge in [-0.1, -0.05) is 48.5 Å². The summed E-state index contributed by atoms with van der Waals surface area (Å²) in [5.74, 6) is 0.442. The van der Waals surface area contributed by atoms with Crippen LogP contribution in [-0.2, 0) is 6.18 Å². The first-order valence-corrected chi connectivity index (χ1v) is 8.19. The van der Waals surface area contributed by atoms with Crippen LogP contribution in [0.5, 0.6) is 0 Å². The monoisotopic (exact) mass is 366 g/mol. The molecule has 0 aliphatic rings. The highest BCUT2D eigenvalue weighted by atomic mass is 19.4. The third-order valence-electron chi connectivity index (χ3n) is 4.32. The Hall–Kier alpha value is -3.41. The topological polar surface area (TPSA) is 45.8 Å². The quantitative estimate of drug-likeness (QED) is 0.525. The van der Waals surface area contributed by atoms with Crippen molar-refractivity contribution in [1.29, 1.82) is 0 Å². The predicted octanol–water partition coefficient (Wildman–Crippen LogP) is 5.28. The number of benzene rings is 3. The van der Waals surface area contributed by atoms with Crippen LogP contribution in [0.15, 0.2) is 77.6 Å². The van der Waals surface area contributed by atoms with E-state index in [1.807, 2.05) is 6.07 Å². The van der Waals surface area contributed by atoms with E-state index in [9.17, 15) is 18.0 Å². The molecule has 0 unspecified atom stereocenters. The predicted molar refractivity (Wildman–Crippen MR) is 98.2 cm³/mol. The van der Waals surface area contributed by atoms with Crippen LogP contribution >= 0.6 is 0 Å². The lowest BCUT2D eigenvalue weighted by molar-refractivity contribution is -0.137. The number of rotatable bonds is 2. The van der Waals surface area contributed by atoms with E-state index < -0.39 is 11.7 Å². The van der Waals surface area contributed by atoms with Gasteiger partial charge in [-0.2, -0.15) is 13.2 Å². The summed E-state index contributed by atoms with van der Waals surface area (Å²) in [5, 5.41) is 0.516. The lowest BCUT2D eigenvalue weighted by atomic mass is 10.0. The molecule has 0 saturated carbocycles. The first-order chi connectivity index (χ1) is 12.9. The van der Waals surface area contributed by atoms with Crippen molar-refractivity contribution in [3.63, 3.8) is 0 Å². The van der Waals surface area contributed by atoms with Gasteiger partial charge in [0.05, 0.1) is 16.5 Å². The van der Waals surface area contributed by atoms with Crippen LogP contribution in [0, 0.1) is 0 Å². The van der Waals surface area contributed by atoms with Crippen LogP contribution in [0.4, 0.5) is 13.2 Å². The van der Waals surface area contributed by atoms with E-state index in [2.05, 4.69) is 9.97 Å². The number of nitrogens with one attached hydrogen (secondary N) is 1. The number of para-hydroxylation sites is 1. The van der Waals surface area contributed by atoms with Gasteiger partial charge in [-0.25, -0.2) is 4.98 Å². The van der Waals surface area contributed by atoms with E-state index in [1.54, 1.807) is 42.5 Å². The van der Waals surface area contributed by atoms with Crippen molar-refractivity contribution in [2.24, 2.45) is 0 Å². The highest BCUT2D eigenvalue weighted by Crippen LogP contribution is 2.31. The van der Waals surface area contributed by atoms with E-state index in [0.717, 1.165) is 17.7 Å². The van der Waals surface area contributed by atoms with Gasteiger partial charge in [-0.15, -0.1) is 0 Å². The van der Waals surface area contributed by atoms with E-state index >= 15 is 0 Å². The molecule has 0 atom stereocenters. The minimum atomic E-state index is -4.35. The average Bonchev–Trinajstić information content (AvgIpc) is 2.67. The van der Waals surface area contributed by atoms with Crippen LogP contribution in [0.3, 0.4) is 0 Å². The van der Waals surface area contributed by atoms with Gasteiger partial charge in [0.25, 0.3) is 5.56 Å². The zero-order chi connectivity index (χ0) is 19.0. The normalized spacial score (nSPS) is 11.7. The fourth-order valence-electron chi connectivity index (χ4n) is 2.90. The van der Waals surface area contributed by atoms with Crippen molar-refractivity contribution >= 4 is 10.9 Å². The minimum Gasteiger partial charge on any atom is -0.306 e. The van der Waals surface area contributed by atoms with Gasteiger partial charge in [-0.3, -0.25) is 4.79 Å². The highest BCUT2D eigenvalue weighted by molar-refractivity contribution is 5.79. The van der Waals surface area contributed by atoms with Gasteiger partial charge in [-0.05, 0) is 35.4 Å². The lowest BCUT2D eigenvalue weighted by Crippen LogP contribution is -2.09. The summed E-state index contributed by atoms with van der Waals surface area (Å²) in [6.07, 6.45) is -4.35. The van der Waals surface area contributed by atoms with E-state index in [-0.39, 0.29) is 5.56 Å². The number of hydrogen-bond donors (Lipinski definition) is 1. The third-order valence-corrected chi connectivity index (χ3v) is 4.32. The Kier molecular flexibility index (Phi) is 4.03. The van der Waals surface area contributed by atoms with Crippen LogP contribution in [0.1, 0.15) is 5.56 Å². The summed E-state index contributed by atoms with van der Waals surface area (Å²) in [7, 11) is 0. The van der Waals surface area contributed by atoms with Crippen molar-refractivity contribution in [3.8, 4) is 22.5 Å². The molecule has 0 amide bonds. The summed E-state index contributed by atoms with van der Waals surface area (Å²) >= 11 is 0. The maximum Gasteiger partial charge on any atom is 0.416 e. The van der Waals surface area contributed by atoms with E-state index in [4.69, 9.17) is 0 Å². The summed E-state index contributed by atoms with van der Waals surface area (Å²) in [6, 6.07) is 19.2. The third kappa shape index (κ3) is 3.33. The second-order valence-corrected chi connectivity index (χ2v) is 6.08. The van der Waals surface area contributed by atoms with E-state index in [0.29, 0.717) is 27.9 Å². The molecule has 4 rings (SSSR count). The first kappa shape index (κ1) is 17.0. The number of hydrogen-bond acceptors (Lipinski definition) is 2. The molecule has 3 nitrogen and oxygen atoms in total. The van der Waals surface area contributed by atoms with Gasteiger partial charge < -0.3 is 4.98 Å². The number of alkyl halides is 3. The zero-order valence-electron chi connectivity index (χ0n) is 13.9. The van der Waals surface area contributed by atoms with Crippen molar-refractivity contribution in [3.05, 3.63) is 88.7 Å². The number of aromatic nitrogens is 2. The van der Waals surface area contributed by atoms with Crippen LogP contribution in [0.25, 0.3) is 33.4 Å².